The molecule has 2 amide bonds. The zero-order valence-corrected chi connectivity index (χ0v) is 15.6. The van der Waals surface area contributed by atoms with Crippen LogP contribution >= 0.6 is 11.3 Å². The number of thiophene rings is 1. The number of hydrogen-bond donors (Lipinski definition) is 1. The number of anilines is 1. The predicted molar refractivity (Wildman–Crippen MR) is 102 cm³/mol. The Labute approximate surface area is 152 Å². The molecule has 0 aliphatic carbocycles. The van der Waals surface area contributed by atoms with Crippen LogP contribution in [0.3, 0.4) is 0 Å². The van der Waals surface area contributed by atoms with Gasteiger partial charge in [0.25, 0.3) is 5.91 Å². The van der Waals surface area contributed by atoms with Gasteiger partial charge in [0, 0.05) is 35.6 Å². The number of rotatable bonds is 5. The molecule has 0 saturated heterocycles. The van der Waals surface area contributed by atoms with Gasteiger partial charge in [-0.3, -0.25) is 9.59 Å². The molecule has 4 nitrogen and oxygen atoms in total. The summed E-state index contributed by atoms with van der Waals surface area (Å²) in [6, 6.07) is 7.66. The van der Waals surface area contributed by atoms with Crippen LogP contribution < -0.4 is 5.32 Å². The molecule has 0 radical (unpaired) electrons. The quantitative estimate of drug-likeness (QED) is 0.864. The van der Waals surface area contributed by atoms with Gasteiger partial charge in [0.2, 0.25) is 5.91 Å². The third-order valence-electron chi connectivity index (χ3n) is 4.69. The number of benzene rings is 1. The summed E-state index contributed by atoms with van der Waals surface area (Å²) in [5.74, 6) is 0.0504. The predicted octanol–water partition coefficient (Wildman–Crippen LogP) is 4.38. The van der Waals surface area contributed by atoms with Crippen LogP contribution in [0.2, 0.25) is 0 Å². The van der Waals surface area contributed by atoms with Crippen molar-refractivity contribution in [2.45, 2.75) is 46.1 Å². The molecule has 0 saturated carbocycles. The number of carbonyl (C=O) groups is 2. The second kappa shape index (κ2) is 7.83. The molecule has 2 heterocycles. The Bertz CT molecular complexity index is 782. The summed E-state index contributed by atoms with van der Waals surface area (Å²) in [4.78, 5) is 28.3. The first kappa shape index (κ1) is 17.7. The lowest BCUT2D eigenvalue weighted by molar-refractivity contribution is -0.116. The van der Waals surface area contributed by atoms with E-state index in [2.05, 4.69) is 23.7 Å². The molecule has 2 aromatic rings. The summed E-state index contributed by atoms with van der Waals surface area (Å²) >= 11 is 1.77. The maximum absolute atomic E-state index is 13.0. The number of fused-ring (bicyclic) bond motifs is 1. The van der Waals surface area contributed by atoms with Gasteiger partial charge >= 0.3 is 0 Å². The summed E-state index contributed by atoms with van der Waals surface area (Å²) in [6.07, 6.45) is 3.30. The monoisotopic (exact) mass is 356 g/mol. The molecule has 0 spiro atoms. The topological polar surface area (TPSA) is 49.4 Å². The first-order valence-corrected chi connectivity index (χ1v) is 9.72. The van der Waals surface area contributed by atoms with Gasteiger partial charge in [0.15, 0.2) is 0 Å². The summed E-state index contributed by atoms with van der Waals surface area (Å²) in [7, 11) is 0. The zero-order valence-electron chi connectivity index (χ0n) is 14.8. The van der Waals surface area contributed by atoms with E-state index >= 15 is 0 Å². The van der Waals surface area contributed by atoms with E-state index in [4.69, 9.17) is 0 Å². The Morgan fingerprint density at radius 3 is 2.92 bits per heavy atom. The van der Waals surface area contributed by atoms with Crippen LogP contribution in [0.1, 0.15) is 52.5 Å². The fourth-order valence-corrected chi connectivity index (χ4v) is 4.03. The van der Waals surface area contributed by atoms with E-state index in [1.807, 2.05) is 30.0 Å². The van der Waals surface area contributed by atoms with Crippen LogP contribution in [0.25, 0.3) is 0 Å². The highest BCUT2D eigenvalue weighted by Crippen LogP contribution is 2.27. The van der Waals surface area contributed by atoms with Crippen molar-refractivity contribution in [1.29, 1.82) is 0 Å². The minimum absolute atomic E-state index is 0.00966. The Hall–Kier alpha value is -2.14. The summed E-state index contributed by atoms with van der Waals surface area (Å²) < 4.78 is 0. The standard InChI is InChI=1S/C20H24N2O2S/c1-3-4-8-19(23)21-17-7-5-6-16(14(17)2)20(24)22-11-9-18-15(13-22)10-12-25-18/h5-7,10,12H,3-4,8-9,11,13H2,1-2H3,(H,21,23). The van der Waals surface area contributed by atoms with Crippen molar-refractivity contribution in [3.05, 3.63) is 51.2 Å². The third kappa shape index (κ3) is 3.93. The van der Waals surface area contributed by atoms with Crippen LogP contribution in [0.5, 0.6) is 0 Å². The molecular weight excluding hydrogens is 332 g/mol. The molecule has 5 heteroatoms. The lowest BCUT2D eigenvalue weighted by Crippen LogP contribution is -2.35. The van der Waals surface area contributed by atoms with Crippen molar-refractivity contribution in [2.24, 2.45) is 0 Å². The van der Waals surface area contributed by atoms with Crippen molar-refractivity contribution in [3.8, 4) is 0 Å². The second-order valence-electron chi connectivity index (χ2n) is 6.48. The third-order valence-corrected chi connectivity index (χ3v) is 5.71. The Morgan fingerprint density at radius 2 is 2.12 bits per heavy atom. The van der Waals surface area contributed by atoms with Crippen LogP contribution in [-0.4, -0.2) is 23.3 Å². The molecule has 1 aliphatic heterocycles. The molecule has 1 aliphatic rings. The number of unbranched alkanes of at least 4 members (excludes halogenated alkanes) is 1. The Kier molecular flexibility index (Phi) is 5.53. The molecule has 1 aromatic carbocycles. The smallest absolute Gasteiger partial charge is 0.254 e. The second-order valence-corrected chi connectivity index (χ2v) is 7.48. The molecule has 0 bridgehead atoms. The highest BCUT2D eigenvalue weighted by molar-refractivity contribution is 7.10. The molecule has 0 unspecified atom stereocenters. The van der Waals surface area contributed by atoms with Gasteiger partial charge in [0.05, 0.1) is 0 Å². The summed E-state index contributed by atoms with van der Waals surface area (Å²) in [6.45, 7) is 5.39. The maximum Gasteiger partial charge on any atom is 0.254 e. The van der Waals surface area contributed by atoms with Crippen LogP contribution in [-0.2, 0) is 17.8 Å². The molecule has 0 fully saturated rings. The molecular formula is C20H24N2O2S. The lowest BCUT2D eigenvalue weighted by Gasteiger charge is -2.28. The van der Waals surface area contributed by atoms with Gasteiger partial charge in [-0.05, 0) is 54.5 Å². The molecule has 3 rings (SSSR count). The van der Waals surface area contributed by atoms with E-state index in [0.717, 1.165) is 37.1 Å². The molecule has 132 valence electrons. The number of hydrogen-bond acceptors (Lipinski definition) is 3. The molecule has 25 heavy (non-hydrogen) atoms. The Balaban J connectivity index is 1.75. The van der Waals surface area contributed by atoms with E-state index in [1.165, 1.54) is 10.4 Å². The lowest BCUT2D eigenvalue weighted by atomic mass is 10.0. The van der Waals surface area contributed by atoms with E-state index in [0.29, 0.717) is 18.5 Å². The van der Waals surface area contributed by atoms with Gasteiger partial charge in [-0.15, -0.1) is 11.3 Å². The largest absolute Gasteiger partial charge is 0.334 e. The van der Waals surface area contributed by atoms with E-state index in [9.17, 15) is 9.59 Å². The maximum atomic E-state index is 13.0. The van der Waals surface area contributed by atoms with Crippen LogP contribution in [0.15, 0.2) is 29.6 Å². The average molecular weight is 356 g/mol. The van der Waals surface area contributed by atoms with Crippen molar-refractivity contribution in [2.75, 3.05) is 11.9 Å². The number of nitrogens with one attached hydrogen (secondary N) is 1. The van der Waals surface area contributed by atoms with E-state index < -0.39 is 0 Å². The van der Waals surface area contributed by atoms with Crippen molar-refractivity contribution in [1.82, 2.24) is 4.90 Å². The van der Waals surface area contributed by atoms with E-state index in [-0.39, 0.29) is 11.8 Å². The number of carbonyl (C=O) groups excluding carboxylic acids is 2. The zero-order chi connectivity index (χ0) is 17.8. The summed E-state index contributed by atoms with van der Waals surface area (Å²) in [5, 5.41) is 5.04. The van der Waals surface area contributed by atoms with Crippen LogP contribution in [0.4, 0.5) is 5.69 Å². The minimum atomic E-state index is 0.00966. The van der Waals surface area contributed by atoms with Gasteiger partial charge in [0.1, 0.15) is 0 Å². The normalized spacial score (nSPS) is 13.4. The number of amides is 2. The van der Waals surface area contributed by atoms with Crippen molar-refractivity contribution < 1.29 is 9.59 Å². The summed E-state index contributed by atoms with van der Waals surface area (Å²) in [5.41, 5.74) is 3.51. The molecule has 0 atom stereocenters. The van der Waals surface area contributed by atoms with Gasteiger partial charge in [-0.2, -0.15) is 0 Å². The highest BCUT2D eigenvalue weighted by Gasteiger charge is 2.24. The van der Waals surface area contributed by atoms with Gasteiger partial charge in [-0.1, -0.05) is 19.4 Å². The molecule has 1 aromatic heterocycles. The molecule has 1 N–H and O–H groups in total. The van der Waals surface area contributed by atoms with Crippen LogP contribution in [0, 0.1) is 6.92 Å². The van der Waals surface area contributed by atoms with Crippen molar-refractivity contribution >= 4 is 28.8 Å². The fourth-order valence-electron chi connectivity index (χ4n) is 3.14. The van der Waals surface area contributed by atoms with Crippen molar-refractivity contribution in [3.63, 3.8) is 0 Å². The minimum Gasteiger partial charge on any atom is -0.334 e. The first-order valence-electron chi connectivity index (χ1n) is 8.84. The number of nitrogens with zero attached hydrogens (tertiary/aromatic N) is 1. The van der Waals surface area contributed by atoms with Gasteiger partial charge in [-0.25, -0.2) is 0 Å². The van der Waals surface area contributed by atoms with Gasteiger partial charge < -0.3 is 10.2 Å². The van der Waals surface area contributed by atoms with E-state index in [1.54, 1.807) is 11.3 Å². The first-order chi connectivity index (χ1) is 12.1. The highest BCUT2D eigenvalue weighted by atomic mass is 32.1. The average Bonchev–Trinajstić information content (AvgIpc) is 3.09. The SMILES string of the molecule is CCCCC(=O)Nc1cccc(C(=O)N2CCc3sccc3C2)c1C. The Morgan fingerprint density at radius 1 is 1.28 bits per heavy atom. The fraction of sp³-hybridized carbons (Fsp3) is 0.400.